The molecule has 0 aliphatic rings. The summed E-state index contributed by atoms with van der Waals surface area (Å²) in [6, 6.07) is 14.4. The summed E-state index contributed by atoms with van der Waals surface area (Å²) >= 11 is 6.15. The van der Waals surface area contributed by atoms with Crippen LogP contribution in [0.1, 0.15) is 48.1 Å². The summed E-state index contributed by atoms with van der Waals surface area (Å²) < 4.78 is 5.49. The number of benzene rings is 2. The Bertz CT molecular complexity index is 921. The van der Waals surface area contributed by atoms with Crippen LogP contribution in [-0.2, 0) is 0 Å². The minimum atomic E-state index is -0.398. The number of nitrogens with one attached hydrogen (secondary N) is 1. The average Bonchev–Trinajstić information content (AvgIpc) is 3.16. The second kappa shape index (κ2) is 8.35. The van der Waals surface area contributed by atoms with E-state index < -0.39 is 6.04 Å². The lowest BCUT2D eigenvalue weighted by atomic mass is 9.98. The molecular weight excluding hydrogens is 362 g/mol. The van der Waals surface area contributed by atoms with Crippen LogP contribution in [0.4, 0.5) is 0 Å². The van der Waals surface area contributed by atoms with E-state index in [4.69, 9.17) is 16.1 Å². The Labute approximate surface area is 163 Å². The van der Waals surface area contributed by atoms with Crippen molar-refractivity contribution in [2.75, 3.05) is 0 Å². The summed E-state index contributed by atoms with van der Waals surface area (Å²) in [6.45, 7) is 6.11. The van der Waals surface area contributed by atoms with E-state index in [1.807, 2.05) is 38.1 Å². The van der Waals surface area contributed by atoms with Crippen LogP contribution in [0.3, 0.4) is 0 Å². The molecule has 0 unspecified atom stereocenters. The first-order valence-corrected chi connectivity index (χ1v) is 9.33. The number of carbonyl (C=O) groups excluding carboxylic acids is 1. The molecule has 2 atom stereocenters. The summed E-state index contributed by atoms with van der Waals surface area (Å²) in [5, 5.41) is 7.49. The molecule has 0 radical (unpaired) electrons. The SMILES string of the molecule is CC[C@H](C)[C@H](NC(=O)c1ccccc1Cl)c1nc(-c2ccc(C)cc2)no1. The fourth-order valence-electron chi connectivity index (χ4n) is 2.73. The van der Waals surface area contributed by atoms with E-state index in [2.05, 4.69) is 22.4 Å². The molecule has 0 fully saturated rings. The van der Waals surface area contributed by atoms with Crippen molar-refractivity contribution in [2.24, 2.45) is 5.92 Å². The van der Waals surface area contributed by atoms with Crippen LogP contribution in [0, 0.1) is 12.8 Å². The zero-order valence-electron chi connectivity index (χ0n) is 15.6. The highest BCUT2D eigenvalue weighted by atomic mass is 35.5. The van der Waals surface area contributed by atoms with Gasteiger partial charge < -0.3 is 9.84 Å². The molecule has 0 aliphatic carbocycles. The zero-order chi connectivity index (χ0) is 19.4. The van der Waals surface area contributed by atoms with Crippen molar-refractivity contribution in [1.82, 2.24) is 15.5 Å². The molecule has 27 heavy (non-hydrogen) atoms. The maximum absolute atomic E-state index is 12.7. The molecule has 0 saturated heterocycles. The van der Waals surface area contributed by atoms with E-state index in [1.54, 1.807) is 24.3 Å². The third-order valence-corrected chi connectivity index (χ3v) is 4.97. The first-order chi connectivity index (χ1) is 13.0. The molecule has 0 spiro atoms. The van der Waals surface area contributed by atoms with Gasteiger partial charge in [-0.2, -0.15) is 4.98 Å². The highest BCUT2D eigenvalue weighted by Gasteiger charge is 2.27. The molecule has 1 aromatic heterocycles. The van der Waals surface area contributed by atoms with Gasteiger partial charge in [0.15, 0.2) is 0 Å². The second-order valence-corrected chi connectivity index (χ2v) is 7.05. The monoisotopic (exact) mass is 383 g/mol. The van der Waals surface area contributed by atoms with Crippen LogP contribution in [-0.4, -0.2) is 16.0 Å². The predicted molar refractivity (Wildman–Crippen MR) is 106 cm³/mol. The number of carbonyl (C=O) groups is 1. The van der Waals surface area contributed by atoms with Crippen LogP contribution >= 0.6 is 11.6 Å². The number of halogens is 1. The van der Waals surface area contributed by atoms with E-state index in [1.165, 1.54) is 0 Å². The lowest BCUT2D eigenvalue weighted by molar-refractivity contribution is 0.0910. The van der Waals surface area contributed by atoms with Gasteiger partial charge in [0.25, 0.3) is 5.91 Å². The molecule has 140 valence electrons. The van der Waals surface area contributed by atoms with Crippen LogP contribution in [0.15, 0.2) is 53.1 Å². The van der Waals surface area contributed by atoms with Crippen LogP contribution in [0.2, 0.25) is 5.02 Å². The summed E-state index contributed by atoms with van der Waals surface area (Å²) in [7, 11) is 0. The quantitative estimate of drug-likeness (QED) is 0.633. The summed E-state index contributed by atoms with van der Waals surface area (Å²) in [5.74, 6) is 0.745. The number of aromatic nitrogens is 2. The van der Waals surface area contributed by atoms with Gasteiger partial charge >= 0.3 is 0 Å². The third kappa shape index (κ3) is 4.37. The molecule has 3 aromatic rings. The number of hydrogen-bond acceptors (Lipinski definition) is 4. The number of amides is 1. The van der Waals surface area contributed by atoms with Crippen molar-refractivity contribution >= 4 is 17.5 Å². The molecule has 6 heteroatoms. The van der Waals surface area contributed by atoms with E-state index in [0.29, 0.717) is 22.3 Å². The molecular formula is C21H22ClN3O2. The maximum atomic E-state index is 12.7. The topological polar surface area (TPSA) is 68.0 Å². The summed E-state index contributed by atoms with van der Waals surface area (Å²) in [4.78, 5) is 17.2. The van der Waals surface area contributed by atoms with Gasteiger partial charge in [0.2, 0.25) is 11.7 Å². The molecule has 0 bridgehead atoms. The Balaban J connectivity index is 1.86. The van der Waals surface area contributed by atoms with Crippen molar-refractivity contribution in [2.45, 2.75) is 33.2 Å². The molecule has 1 amide bonds. The molecule has 5 nitrogen and oxygen atoms in total. The minimum absolute atomic E-state index is 0.114. The Morgan fingerprint density at radius 2 is 1.89 bits per heavy atom. The normalized spacial score (nSPS) is 13.2. The summed E-state index contributed by atoms with van der Waals surface area (Å²) in [5.41, 5.74) is 2.45. The first-order valence-electron chi connectivity index (χ1n) is 8.95. The lowest BCUT2D eigenvalue weighted by Gasteiger charge is -2.21. The van der Waals surface area contributed by atoms with Gasteiger partial charge in [-0.1, -0.05) is 79.0 Å². The highest BCUT2D eigenvalue weighted by Crippen LogP contribution is 2.27. The van der Waals surface area contributed by atoms with Crippen molar-refractivity contribution < 1.29 is 9.32 Å². The molecule has 1 heterocycles. The molecule has 2 aromatic carbocycles. The van der Waals surface area contributed by atoms with Gasteiger partial charge in [0.1, 0.15) is 6.04 Å². The smallest absolute Gasteiger partial charge is 0.253 e. The van der Waals surface area contributed by atoms with Crippen LogP contribution < -0.4 is 5.32 Å². The van der Waals surface area contributed by atoms with E-state index in [-0.39, 0.29) is 11.8 Å². The zero-order valence-corrected chi connectivity index (χ0v) is 16.3. The van der Waals surface area contributed by atoms with Gasteiger partial charge in [0, 0.05) is 5.56 Å². The number of aryl methyl sites for hydroxylation is 1. The van der Waals surface area contributed by atoms with Crippen molar-refractivity contribution in [3.05, 3.63) is 70.6 Å². The standard InChI is InChI=1S/C21H22ClN3O2/c1-4-14(3)18(23-20(26)16-7-5-6-8-17(16)22)21-24-19(25-27-21)15-11-9-13(2)10-12-15/h5-12,14,18H,4H2,1-3H3,(H,23,26)/t14-,18-/m0/s1. The Kier molecular flexibility index (Phi) is 5.91. The fraction of sp³-hybridized carbons (Fsp3) is 0.286. The third-order valence-electron chi connectivity index (χ3n) is 4.64. The fourth-order valence-corrected chi connectivity index (χ4v) is 2.95. The molecule has 3 rings (SSSR count). The lowest BCUT2D eigenvalue weighted by Crippen LogP contribution is -2.33. The number of rotatable bonds is 6. The predicted octanol–water partition coefficient (Wildman–Crippen LogP) is 5.22. The average molecular weight is 384 g/mol. The molecule has 1 N–H and O–H groups in total. The second-order valence-electron chi connectivity index (χ2n) is 6.64. The maximum Gasteiger partial charge on any atom is 0.253 e. The van der Waals surface area contributed by atoms with Crippen molar-refractivity contribution in [3.8, 4) is 11.4 Å². The Morgan fingerprint density at radius 3 is 2.56 bits per heavy atom. The first kappa shape index (κ1) is 19.1. The Morgan fingerprint density at radius 1 is 1.19 bits per heavy atom. The van der Waals surface area contributed by atoms with Gasteiger partial charge in [-0.3, -0.25) is 4.79 Å². The molecule has 0 aliphatic heterocycles. The van der Waals surface area contributed by atoms with E-state index >= 15 is 0 Å². The van der Waals surface area contributed by atoms with Gasteiger partial charge in [-0.15, -0.1) is 0 Å². The summed E-state index contributed by atoms with van der Waals surface area (Å²) in [6.07, 6.45) is 0.843. The van der Waals surface area contributed by atoms with Gasteiger partial charge in [0.05, 0.1) is 10.6 Å². The van der Waals surface area contributed by atoms with Crippen molar-refractivity contribution in [1.29, 1.82) is 0 Å². The number of nitrogens with zero attached hydrogens (tertiary/aromatic N) is 2. The van der Waals surface area contributed by atoms with E-state index in [9.17, 15) is 4.79 Å². The van der Waals surface area contributed by atoms with Gasteiger partial charge in [-0.25, -0.2) is 0 Å². The van der Waals surface area contributed by atoms with Crippen LogP contribution in [0.25, 0.3) is 11.4 Å². The largest absolute Gasteiger partial charge is 0.340 e. The van der Waals surface area contributed by atoms with Crippen LogP contribution in [0.5, 0.6) is 0 Å². The van der Waals surface area contributed by atoms with E-state index in [0.717, 1.165) is 17.5 Å². The molecule has 0 saturated carbocycles. The van der Waals surface area contributed by atoms with Gasteiger partial charge in [-0.05, 0) is 25.0 Å². The Hall–Kier alpha value is -2.66. The highest BCUT2D eigenvalue weighted by molar-refractivity contribution is 6.33. The number of hydrogen-bond donors (Lipinski definition) is 1. The van der Waals surface area contributed by atoms with Crippen molar-refractivity contribution in [3.63, 3.8) is 0 Å². The minimum Gasteiger partial charge on any atom is -0.340 e.